The van der Waals surface area contributed by atoms with E-state index in [1.54, 1.807) is 6.33 Å². The minimum absolute atomic E-state index is 0.0107. The summed E-state index contributed by atoms with van der Waals surface area (Å²) in [5, 5.41) is 3.12. The molecule has 0 bridgehead atoms. The van der Waals surface area contributed by atoms with E-state index in [2.05, 4.69) is 29.1 Å². The number of benzene rings is 1. The summed E-state index contributed by atoms with van der Waals surface area (Å²) in [4.78, 5) is 19.4. The second-order valence-corrected chi connectivity index (χ2v) is 5.58. The lowest BCUT2D eigenvalue weighted by Crippen LogP contribution is -2.45. The Morgan fingerprint density at radius 2 is 2.22 bits per heavy atom. The fraction of sp³-hybridized carbons (Fsp3) is 0.429. The van der Waals surface area contributed by atoms with Crippen LogP contribution in [0.15, 0.2) is 24.5 Å². The van der Waals surface area contributed by atoms with Crippen molar-refractivity contribution in [2.45, 2.75) is 32.2 Å². The predicted octanol–water partition coefficient (Wildman–Crippen LogP) is 2.48. The van der Waals surface area contributed by atoms with Crippen molar-refractivity contribution in [3.05, 3.63) is 30.1 Å². The fourth-order valence-electron chi connectivity index (χ4n) is 2.35. The Hall–Kier alpha value is -1.84. The minimum atomic E-state index is -0.111. The molecule has 4 heteroatoms. The van der Waals surface area contributed by atoms with Crippen LogP contribution in [0.2, 0.25) is 0 Å². The zero-order valence-corrected chi connectivity index (χ0v) is 10.7. The van der Waals surface area contributed by atoms with Crippen molar-refractivity contribution in [3.8, 4) is 0 Å². The summed E-state index contributed by atoms with van der Waals surface area (Å²) >= 11 is 0. The number of aromatic amines is 1. The number of imidazole rings is 1. The van der Waals surface area contributed by atoms with Crippen LogP contribution in [-0.4, -0.2) is 21.4 Å². The Kier molecular flexibility index (Phi) is 2.40. The summed E-state index contributed by atoms with van der Waals surface area (Å²) in [5.41, 5.74) is 2.35. The minimum Gasteiger partial charge on any atom is -0.347 e. The summed E-state index contributed by atoms with van der Waals surface area (Å²) in [6.45, 7) is 4.19. The van der Waals surface area contributed by atoms with E-state index in [1.165, 1.54) is 12.8 Å². The van der Waals surface area contributed by atoms with E-state index in [1.807, 2.05) is 18.2 Å². The molecule has 0 aliphatic heterocycles. The Labute approximate surface area is 106 Å². The first-order chi connectivity index (χ1) is 8.56. The molecule has 1 aromatic heterocycles. The molecule has 3 rings (SSSR count). The molecule has 94 valence electrons. The molecule has 1 aromatic carbocycles. The van der Waals surface area contributed by atoms with Gasteiger partial charge in [-0.25, -0.2) is 4.98 Å². The van der Waals surface area contributed by atoms with E-state index >= 15 is 0 Å². The zero-order chi connectivity index (χ0) is 12.8. The summed E-state index contributed by atoms with van der Waals surface area (Å²) in [6.07, 6.45) is 4.07. The lowest BCUT2D eigenvalue weighted by molar-refractivity contribution is 0.0903. The predicted molar refractivity (Wildman–Crippen MR) is 70.4 cm³/mol. The molecule has 1 aliphatic rings. The first kappa shape index (κ1) is 11.3. The van der Waals surface area contributed by atoms with Crippen molar-refractivity contribution in [1.29, 1.82) is 0 Å². The Balaban J connectivity index is 1.82. The highest BCUT2D eigenvalue weighted by Gasteiger charge is 2.38. The average molecular weight is 243 g/mol. The van der Waals surface area contributed by atoms with Gasteiger partial charge in [0.15, 0.2) is 0 Å². The van der Waals surface area contributed by atoms with Crippen molar-refractivity contribution < 1.29 is 4.79 Å². The van der Waals surface area contributed by atoms with Gasteiger partial charge in [-0.15, -0.1) is 0 Å². The first-order valence-electron chi connectivity index (χ1n) is 6.32. The molecular formula is C14H17N3O. The normalized spacial score (nSPS) is 15.9. The Morgan fingerprint density at radius 3 is 2.94 bits per heavy atom. The van der Waals surface area contributed by atoms with Gasteiger partial charge in [-0.2, -0.15) is 0 Å². The smallest absolute Gasteiger partial charge is 0.251 e. The Morgan fingerprint density at radius 1 is 1.44 bits per heavy atom. The molecule has 0 atom stereocenters. The molecule has 1 heterocycles. The SMILES string of the molecule is CC(C)(NC(=O)c1ccc2nc[nH]c2c1)C1CC1. The number of carbonyl (C=O) groups is 1. The Bertz CT molecular complexity index is 596. The van der Waals surface area contributed by atoms with Gasteiger partial charge in [-0.3, -0.25) is 4.79 Å². The van der Waals surface area contributed by atoms with Crippen LogP contribution in [-0.2, 0) is 0 Å². The van der Waals surface area contributed by atoms with Crippen LogP contribution in [0.4, 0.5) is 0 Å². The number of amides is 1. The van der Waals surface area contributed by atoms with Gasteiger partial charge in [-0.1, -0.05) is 0 Å². The van der Waals surface area contributed by atoms with Gasteiger partial charge in [0.1, 0.15) is 0 Å². The molecule has 2 aromatic rings. The van der Waals surface area contributed by atoms with E-state index in [-0.39, 0.29) is 11.4 Å². The summed E-state index contributed by atoms with van der Waals surface area (Å²) < 4.78 is 0. The second-order valence-electron chi connectivity index (χ2n) is 5.58. The lowest BCUT2D eigenvalue weighted by atomic mass is 9.98. The third-order valence-corrected chi connectivity index (χ3v) is 3.72. The van der Waals surface area contributed by atoms with Crippen molar-refractivity contribution in [1.82, 2.24) is 15.3 Å². The number of fused-ring (bicyclic) bond motifs is 1. The fourth-order valence-corrected chi connectivity index (χ4v) is 2.35. The number of rotatable bonds is 3. The molecule has 4 nitrogen and oxygen atoms in total. The molecular weight excluding hydrogens is 226 g/mol. The maximum absolute atomic E-state index is 12.2. The molecule has 0 radical (unpaired) electrons. The van der Waals surface area contributed by atoms with Gasteiger partial charge in [0.05, 0.1) is 17.4 Å². The van der Waals surface area contributed by atoms with Crippen molar-refractivity contribution >= 4 is 16.9 Å². The van der Waals surface area contributed by atoms with Gasteiger partial charge in [-0.05, 0) is 50.8 Å². The highest BCUT2D eigenvalue weighted by Crippen LogP contribution is 2.39. The lowest BCUT2D eigenvalue weighted by Gasteiger charge is -2.26. The number of nitrogens with zero attached hydrogens (tertiary/aromatic N) is 1. The largest absolute Gasteiger partial charge is 0.347 e. The quantitative estimate of drug-likeness (QED) is 0.870. The second kappa shape index (κ2) is 3.83. The highest BCUT2D eigenvalue weighted by atomic mass is 16.1. The van der Waals surface area contributed by atoms with Gasteiger partial charge >= 0.3 is 0 Å². The van der Waals surface area contributed by atoms with E-state index in [4.69, 9.17) is 0 Å². The standard InChI is InChI=1S/C14H17N3O/c1-14(2,10-4-5-10)17-13(18)9-3-6-11-12(7-9)16-8-15-11/h3,6-8,10H,4-5H2,1-2H3,(H,15,16)(H,17,18). The number of hydrogen-bond acceptors (Lipinski definition) is 2. The third-order valence-electron chi connectivity index (χ3n) is 3.72. The van der Waals surface area contributed by atoms with Crippen LogP contribution >= 0.6 is 0 Å². The number of hydrogen-bond donors (Lipinski definition) is 2. The number of carbonyl (C=O) groups excluding carboxylic acids is 1. The van der Waals surface area contributed by atoms with E-state index in [0.717, 1.165) is 11.0 Å². The molecule has 0 spiro atoms. The van der Waals surface area contributed by atoms with E-state index in [9.17, 15) is 4.79 Å². The van der Waals surface area contributed by atoms with Crippen LogP contribution in [0, 0.1) is 5.92 Å². The topological polar surface area (TPSA) is 57.8 Å². The highest BCUT2D eigenvalue weighted by molar-refractivity contribution is 5.97. The monoisotopic (exact) mass is 243 g/mol. The molecule has 1 saturated carbocycles. The third kappa shape index (κ3) is 1.98. The van der Waals surface area contributed by atoms with E-state index < -0.39 is 0 Å². The van der Waals surface area contributed by atoms with Crippen LogP contribution in [0.5, 0.6) is 0 Å². The molecule has 1 aliphatic carbocycles. The summed E-state index contributed by atoms with van der Waals surface area (Å²) in [5.74, 6) is 0.612. The molecule has 1 fully saturated rings. The number of H-pyrrole nitrogens is 1. The molecule has 18 heavy (non-hydrogen) atoms. The maximum Gasteiger partial charge on any atom is 0.251 e. The van der Waals surface area contributed by atoms with Gasteiger partial charge in [0, 0.05) is 11.1 Å². The van der Waals surface area contributed by atoms with Crippen molar-refractivity contribution in [2.75, 3.05) is 0 Å². The van der Waals surface area contributed by atoms with Crippen LogP contribution < -0.4 is 5.32 Å². The van der Waals surface area contributed by atoms with E-state index in [0.29, 0.717) is 11.5 Å². The van der Waals surface area contributed by atoms with Gasteiger partial charge < -0.3 is 10.3 Å². The maximum atomic E-state index is 12.2. The van der Waals surface area contributed by atoms with Crippen LogP contribution in [0.3, 0.4) is 0 Å². The van der Waals surface area contributed by atoms with Crippen LogP contribution in [0.1, 0.15) is 37.0 Å². The molecule has 2 N–H and O–H groups in total. The van der Waals surface area contributed by atoms with Gasteiger partial charge in [0.2, 0.25) is 0 Å². The molecule has 0 saturated heterocycles. The van der Waals surface area contributed by atoms with Crippen LogP contribution in [0.25, 0.3) is 11.0 Å². The molecule has 1 amide bonds. The average Bonchev–Trinajstić information content (AvgIpc) is 3.08. The summed E-state index contributed by atoms with van der Waals surface area (Å²) in [7, 11) is 0. The van der Waals surface area contributed by atoms with Crippen molar-refractivity contribution in [3.63, 3.8) is 0 Å². The molecule has 0 unspecified atom stereocenters. The summed E-state index contributed by atoms with van der Waals surface area (Å²) in [6, 6.07) is 5.53. The van der Waals surface area contributed by atoms with Gasteiger partial charge in [0.25, 0.3) is 5.91 Å². The van der Waals surface area contributed by atoms with Crippen molar-refractivity contribution in [2.24, 2.45) is 5.92 Å². The first-order valence-corrected chi connectivity index (χ1v) is 6.32. The number of aromatic nitrogens is 2. The number of nitrogens with one attached hydrogen (secondary N) is 2. The zero-order valence-electron chi connectivity index (χ0n) is 10.7.